The molecule has 0 bridgehead atoms. The molecule has 1 amide bonds. The summed E-state index contributed by atoms with van der Waals surface area (Å²) >= 11 is 6.29. The molecule has 0 saturated heterocycles. The number of nitrogens with two attached hydrogens (primary N) is 1. The maximum Gasteiger partial charge on any atom is 0.267 e. The minimum absolute atomic E-state index is 0.204. The van der Waals surface area contributed by atoms with Crippen LogP contribution in [0.2, 0.25) is 5.02 Å². The number of aromatic nitrogens is 4. The summed E-state index contributed by atoms with van der Waals surface area (Å²) in [7, 11) is 0. The molecular weight excluding hydrogens is 416 g/mol. The maximum atomic E-state index is 11.9. The van der Waals surface area contributed by atoms with Gasteiger partial charge in [0.25, 0.3) is 5.91 Å². The Morgan fingerprint density at radius 1 is 1.29 bits per heavy atom. The van der Waals surface area contributed by atoms with E-state index in [1.807, 2.05) is 32.2 Å². The third-order valence-corrected chi connectivity index (χ3v) is 5.54. The second kappa shape index (κ2) is 8.13. The summed E-state index contributed by atoms with van der Waals surface area (Å²) < 4.78 is 8.74. The Bertz CT molecular complexity index is 1300. The van der Waals surface area contributed by atoms with E-state index in [4.69, 9.17) is 27.0 Å². The van der Waals surface area contributed by atoms with Gasteiger partial charge in [-0.05, 0) is 43.7 Å². The molecule has 0 aliphatic carbocycles. The first-order valence-electron chi connectivity index (χ1n) is 9.55. The first kappa shape index (κ1) is 20.4. The van der Waals surface area contributed by atoms with Gasteiger partial charge in [-0.1, -0.05) is 17.7 Å². The summed E-state index contributed by atoms with van der Waals surface area (Å²) in [6, 6.07) is 12.4. The lowest BCUT2D eigenvalue weighted by atomic mass is 10.0. The van der Waals surface area contributed by atoms with Crippen molar-refractivity contribution >= 4 is 17.5 Å². The topological polar surface area (TPSA) is 116 Å². The number of rotatable bonds is 6. The number of nitriles is 1. The van der Waals surface area contributed by atoms with Crippen LogP contribution in [0.5, 0.6) is 0 Å². The number of carbonyl (C=O) groups excluding carboxylic acids is 1. The summed E-state index contributed by atoms with van der Waals surface area (Å²) in [6.45, 7) is 4.25. The summed E-state index contributed by atoms with van der Waals surface area (Å²) in [6.07, 6.45) is 3.39. The molecule has 1 aromatic carbocycles. The van der Waals surface area contributed by atoms with Crippen molar-refractivity contribution in [2.24, 2.45) is 5.73 Å². The lowest BCUT2D eigenvalue weighted by molar-refractivity contribution is 0.0987. The molecule has 4 rings (SSSR count). The van der Waals surface area contributed by atoms with Crippen molar-refractivity contribution in [2.45, 2.75) is 26.4 Å². The molecule has 0 fully saturated rings. The quantitative estimate of drug-likeness (QED) is 0.488. The van der Waals surface area contributed by atoms with Gasteiger partial charge in [-0.3, -0.25) is 14.2 Å². The molecule has 156 valence electrons. The van der Waals surface area contributed by atoms with Crippen LogP contribution in [-0.2, 0) is 6.54 Å². The Balaban J connectivity index is 1.61. The fourth-order valence-electron chi connectivity index (χ4n) is 3.46. The Morgan fingerprint density at radius 3 is 2.77 bits per heavy atom. The van der Waals surface area contributed by atoms with Gasteiger partial charge in [0.05, 0.1) is 35.1 Å². The minimum atomic E-state index is -0.568. The molecule has 31 heavy (non-hydrogen) atoms. The highest BCUT2D eigenvalue weighted by molar-refractivity contribution is 6.32. The number of benzene rings is 1. The van der Waals surface area contributed by atoms with Gasteiger partial charge in [0.1, 0.15) is 17.5 Å². The van der Waals surface area contributed by atoms with Crippen molar-refractivity contribution in [3.05, 3.63) is 70.7 Å². The minimum Gasteiger partial charge on any atom is -0.463 e. The molecule has 3 heterocycles. The van der Waals surface area contributed by atoms with E-state index in [0.717, 1.165) is 16.8 Å². The predicted octanol–water partition coefficient (Wildman–Crippen LogP) is 4.20. The summed E-state index contributed by atoms with van der Waals surface area (Å²) in [5.41, 5.74) is 9.21. The zero-order chi connectivity index (χ0) is 22.1. The number of nitrogens with zero attached hydrogens (tertiary/aromatic N) is 5. The lowest BCUT2D eigenvalue weighted by Gasteiger charge is -2.14. The Hall–Kier alpha value is -3.83. The first-order chi connectivity index (χ1) is 14.9. The first-order valence-corrected chi connectivity index (χ1v) is 9.93. The fraction of sp³-hybridized carbons (Fsp3) is 0.182. The molecule has 1 atom stereocenters. The third-order valence-electron chi connectivity index (χ3n) is 5.05. The second-order valence-electron chi connectivity index (χ2n) is 7.18. The van der Waals surface area contributed by atoms with Gasteiger partial charge in [-0.25, -0.2) is 0 Å². The SMILES string of the molecule is Cc1c(-c2ccn(CC(C)n3nc(-c4ccco4)cc3C(N)=O)n2)ccc(C#N)c1Cl. The fourth-order valence-corrected chi connectivity index (χ4v) is 3.67. The Morgan fingerprint density at radius 2 is 2.10 bits per heavy atom. The molecule has 8 nitrogen and oxygen atoms in total. The number of hydrogen-bond acceptors (Lipinski definition) is 5. The van der Waals surface area contributed by atoms with Crippen LogP contribution in [0, 0.1) is 18.3 Å². The molecule has 3 aromatic heterocycles. The van der Waals surface area contributed by atoms with Crippen LogP contribution in [0.4, 0.5) is 0 Å². The number of primary amides is 1. The highest BCUT2D eigenvalue weighted by Crippen LogP contribution is 2.30. The van der Waals surface area contributed by atoms with Gasteiger partial charge in [-0.2, -0.15) is 15.5 Å². The summed E-state index contributed by atoms with van der Waals surface area (Å²) in [5, 5.41) is 18.7. The molecule has 1 unspecified atom stereocenters. The van der Waals surface area contributed by atoms with Crippen LogP contribution in [0.25, 0.3) is 22.7 Å². The third kappa shape index (κ3) is 3.83. The summed E-state index contributed by atoms with van der Waals surface area (Å²) in [5.74, 6) is -0.0100. The van der Waals surface area contributed by atoms with E-state index in [-0.39, 0.29) is 6.04 Å². The molecule has 0 saturated carbocycles. The van der Waals surface area contributed by atoms with Crippen LogP contribution in [0.15, 0.2) is 53.3 Å². The average molecular weight is 435 g/mol. The van der Waals surface area contributed by atoms with E-state index in [9.17, 15) is 4.79 Å². The molecule has 9 heteroatoms. The van der Waals surface area contributed by atoms with Crippen molar-refractivity contribution in [2.75, 3.05) is 0 Å². The van der Waals surface area contributed by atoms with E-state index < -0.39 is 5.91 Å². The van der Waals surface area contributed by atoms with E-state index in [1.165, 1.54) is 0 Å². The van der Waals surface area contributed by atoms with Crippen LogP contribution in [0.1, 0.15) is 34.6 Å². The highest BCUT2D eigenvalue weighted by Gasteiger charge is 2.20. The maximum absolute atomic E-state index is 11.9. The van der Waals surface area contributed by atoms with Crippen LogP contribution >= 0.6 is 11.6 Å². The second-order valence-corrected chi connectivity index (χ2v) is 7.56. The number of carbonyl (C=O) groups is 1. The number of halogens is 1. The van der Waals surface area contributed by atoms with Crippen LogP contribution in [-0.4, -0.2) is 25.5 Å². The van der Waals surface area contributed by atoms with E-state index in [2.05, 4.69) is 16.3 Å². The predicted molar refractivity (Wildman–Crippen MR) is 115 cm³/mol. The van der Waals surface area contributed by atoms with Crippen molar-refractivity contribution in [3.8, 4) is 28.8 Å². The monoisotopic (exact) mass is 434 g/mol. The van der Waals surface area contributed by atoms with Crippen LogP contribution < -0.4 is 5.73 Å². The van der Waals surface area contributed by atoms with E-state index >= 15 is 0 Å². The normalized spacial score (nSPS) is 11.9. The van der Waals surface area contributed by atoms with Gasteiger partial charge < -0.3 is 10.2 Å². The van der Waals surface area contributed by atoms with Crippen molar-refractivity contribution in [1.29, 1.82) is 5.26 Å². The highest BCUT2D eigenvalue weighted by atomic mass is 35.5. The Kier molecular flexibility index (Phi) is 5.36. The van der Waals surface area contributed by atoms with Gasteiger partial charge in [0, 0.05) is 17.8 Å². The lowest BCUT2D eigenvalue weighted by Crippen LogP contribution is -2.22. The largest absolute Gasteiger partial charge is 0.463 e. The van der Waals surface area contributed by atoms with Gasteiger partial charge in [0.15, 0.2) is 5.76 Å². The van der Waals surface area contributed by atoms with Crippen molar-refractivity contribution in [1.82, 2.24) is 19.6 Å². The standard InChI is InChI=1S/C22H19ClN6O2/c1-13(29-19(22(25)30)10-18(27-29)20-4-3-9-31-20)12-28-8-7-17(26-28)16-6-5-15(11-24)21(23)14(16)2/h3-10,13H,12H2,1-2H3,(H2,25,30). The molecule has 0 aliphatic rings. The van der Waals surface area contributed by atoms with Crippen molar-refractivity contribution in [3.63, 3.8) is 0 Å². The molecule has 0 spiro atoms. The van der Waals surface area contributed by atoms with Gasteiger partial charge >= 0.3 is 0 Å². The zero-order valence-corrected chi connectivity index (χ0v) is 17.7. The number of amides is 1. The molecular formula is C22H19ClN6O2. The average Bonchev–Trinajstić information content (AvgIpc) is 3.50. The van der Waals surface area contributed by atoms with Gasteiger partial charge in [0.2, 0.25) is 0 Å². The molecule has 2 N–H and O–H groups in total. The molecule has 0 aliphatic heterocycles. The van der Waals surface area contributed by atoms with E-state index in [0.29, 0.717) is 34.3 Å². The smallest absolute Gasteiger partial charge is 0.267 e. The van der Waals surface area contributed by atoms with Crippen molar-refractivity contribution < 1.29 is 9.21 Å². The van der Waals surface area contributed by atoms with E-state index in [1.54, 1.807) is 39.9 Å². The number of furan rings is 1. The Labute approximate surface area is 183 Å². The summed E-state index contributed by atoms with van der Waals surface area (Å²) in [4.78, 5) is 11.9. The molecule has 0 radical (unpaired) electrons. The zero-order valence-electron chi connectivity index (χ0n) is 16.9. The molecule has 4 aromatic rings. The number of hydrogen-bond donors (Lipinski definition) is 1. The van der Waals surface area contributed by atoms with Crippen LogP contribution in [0.3, 0.4) is 0 Å². The van der Waals surface area contributed by atoms with Gasteiger partial charge in [-0.15, -0.1) is 0 Å².